The molecule has 0 aliphatic heterocycles. The molecule has 0 unspecified atom stereocenters. The van der Waals surface area contributed by atoms with Crippen molar-refractivity contribution in [3.05, 3.63) is 80.1 Å². The predicted molar refractivity (Wildman–Crippen MR) is 127 cm³/mol. The van der Waals surface area contributed by atoms with E-state index in [2.05, 4.69) is 16.0 Å². The van der Waals surface area contributed by atoms with Crippen LogP contribution in [0.2, 0.25) is 0 Å². The molecule has 0 bridgehead atoms. The van der Waals surface area contributed by atoms with Crippen LogP contribution in [0.5, 0.6) is 5.75 Å². The summed E-state index contributed by atoms with van der Waals surface area (Å²) in [5.41, 5.74) is 1.97. The molecule has 1 amide bonds. The van der Waals surface area contributed by atoms with Gasteiger partial charge in [0.2, 0.25) is 0 Å². The van der Waals surface area contributed by atoms with Crippen LogP contribution >= 0.6 is 0 Å². The van der Waals surface area contributed by atoms with Gasteiger partial charge in [-0.05, 0) is 54.8 Å². The van der Waals surface area contributed by atoms with Crippen LogP contribution in [0.4, 0.5) is 17.1 Å². The smallest absolute Gasteiger partial charge is 0.255 e. The van der Waals surface area contributed by atoms with E-state index in [1.54, 1.807) is 43.5 Å². The van der Waals surface area contributed by atoms with Crippen molar-refractivity contribution in [2.45, 2.75) is 44.7 Å². The third-order valence-corrected chi connectivity index (χ3v) is 5.90. The Morgan fingerprint density at radius 2 is 1.56 bits per heavy atom. The molecule has 0 aromatic heterocycles. The second kappa shape index (κ2) is 9.68. The van der Waals surface area contributed by atoms with E-state index in [9.17, 15) is 14.4 Å². The molecule has 3 N–H and O–H groups in total. The number of nitrogens with one attached hydrogen (secondary N) is 3. The minimum absolute atomic E-state index is 0.212. The van der Waals surface area contributed by atoms with Crippen LogP contribution in [-0.2, 0) is 6.54 Å². The van der Waals surface area contributed by atoms with E-state index in [1.165, 1.54) is 6.42 Å². The first-order chi connectivity index (χ1) is 15.5. The lowest BCUT2D eigenvalue weighted by atomic mass is 9.95. The molecule has 1 saturated carbocycles. The third kappa shape index (κ3) is 4.82. The second-order valence-electron chi connectivity index (χ2n) is 8.12. The highest BCUT2D eigenvalue weighted by Gasteiger charge is 2.24. The molecule has 0 spiro atoms. The molecule has 0 atom stereocenters. The maximum Gasteiger partial charge on any atom is 0.255 e. The Labute approximate surface area is 186 Å². The highest BCUT2D eigenvalue weighted by Crippen LogP contribution is 2.24. The topological polar surface area (TPSA) is 96.5 Å². The van der Waals surface area contributed by atoms with Gasteiger partial charge in [0.1, 0.15) is 17.1 Å². The molecular weight excluding hydrogens is 406 g/mol. The monoisotopic (exact) mass is 433 g/mol. The summed E-state index contributed by atoms with van der Waals surface area (Å²) in [6.07, 6.45) is 5.57. The van der Waals surface area contributed by atoms with Gasteiger partial charge in [0.05, 0.1) is 7.11 Å². The molecule has 1 aliphatic carbocycles. The number of anilines is 3. The lowest BCUT2D eigenvalue weighted by molar-refractivity contribution is 0.102. The van der Waals surface area contributed by atoms with Crippen molar-refractivity contribution >= 4 is 23.0 Å². The molecule has 3 aromatic carbocycles. The quantitative estimate of drug-likeness (QED) is 0.466. The zero-order valence-electron chi connectivity index (χ0n) is 18.1. The molecule has 32 heavy (non-hydrogen) atoms. The average Bonchev–Trinajstić information content (AvgIpc) is 2.84. The van der Waals surface area contributed by atoms with Gasteiger partial charge in [-0.15, -0.1) is 0 Å². The van der Waals surface area contributed by atoms with Crippen molar-refractivity contribution in [2.75, 3.05) is 23.1 Å². The molecule has 7 heteroatoms. The fourth-order valence-corrected chi connectivity index (χ4v) is 3.99. The largest absolute Gasteiger partial charge is 0.497 e. The first kappa shape index (κ1) is 21.6. The lowest BCUT2D eigenvalue weighted by Gasteiger charge is -2.25. The van der Waals surface area contributed by atoms with E-state index < -0.39 is 10.9 Å². The summed E-state index contributed by atoms with van der Waals surface area (Å²) in [7, 11) is 1.59. The Hall–Kier alpha value is -3.61. The first-order valence-corrected chi connectivity index (χ1v) is 10.9. The first-order valence-electron chi connectivity index (χ1n) is 10.9. The fourth-order valence-electron chi connectivity index (χ4n) is 3.99. The number of amides is 1. The van der Waals surface area contributed by atoms with E-state index in [1.807, 2.05) is 12.1 Å². The fraction of sp³-hybridized carbons (Fsp3) is 0.320. The van der Waals surface area contributed by atoms with Gasteiger partial charge in [-0.1, -0.05) is 31.4 Å². The zero-order chi connectivity index (χ0) is 22.5. The number of hydrogen-bond donors (Lipinski definition) is 3. The summed E-state index contributed by atoms with van der Waals surface area (Å²) in [4.78, 5) is 36.5. The molecule has 0 heterocycles. The van der Waals surface area contributed by atoms with Crippen LogP contribution in [0.1, 0.15) is 48.0 Å². The minimum atomic E-state index is -0.473. The lowest BCUT2D eigenvalue weighted by Crippen LogP contribution is -2.40. The standard InChI is InChI=1S/C25H27N3O4/c1-32-20-13-11-19(12-14-20)28-25(31)17-9-7-16(8-10-17)15-26-21-22(24(30)23(21)29)27-18-5-3-2-4-6-18/h7-14,18,26-27H,2-6,15H2,1H3,(H,28,31). The number of carbonyl (C=O) groups excluding carboxylic acids is 1. The summed E-state index contributed by atoms with van der Waals surface area (Å²) < 4.78 is 5.12. The molecule has 166 valence electrons. The van der Waals surface area contributed by atoms with Gasteiger partial charge >= 0.3 is 0 Å². The predicted octanol–water partition coefficient (Wildman–Crippen LogP) is 3.90. The van der Waals surface area contributed by atoms with Gasteiger partial charge in [0.15, 0.2) is 0 Å². The summed E-state index contributed by atoms with van der Waals surface area (Å²) in [5, 5.41) is 9.20. The van der Waals surface area contributed by atoms with Crippen molar-refractivity contribution in [2.24, 2.45) is 0 Å². The molecule has 1 fully saturated rings. The van der Waals surface area contributed by atoms with Crippen LogP contribution in [0, 0.1) is 0 Å². The van der Waals surface area contributed by atoms with Gasteiger partial charge < -0.3 is 20.7 Å². The molecule has 3 aromatic rings. The summed E-state index contributed by atoms with van der Waals surface area (Å²) in [5.74, 6) is 0.509. The van der Waals surface area contributed by atoms with Crippen LogP contribution < -0.4 is 31.5 Å². The highest BCUT2D eigenvalue weighted by atomic mass is 16.5. The number of hydrogen-bond acceptors (Lipinski definition) is 6. The summed E-state index contributed by atoms with van der Waals surface area (Å²) in [6, 6.07) is 14.5. The van der Waals surface area contributed by atoms with Crippen LogP contribution in [-0.4, -0.2) is 19.1 Å². The van der Waals surface area contributed by atoms with E-state index in [0.717, 1.165) is 37.0 Å². The maximum absolute atomic E-state index is 12.5. The molecule has 0 saturated heterocycles. The molecular formula is C25H27N3O4. The Kier molecular flexibility index (Phi) is 6.54. The van der Waals surface area contributed by atoms with Crippen molar-refractivity contribution < 1.29 is 9.53 Å². The Morgan fingerprint density at radius 1 is 0.906 bits per heavy atom. The zero-order valence-corrected chi connectivity index (χ0v) is 18.1. The number of benzene rings is 2. The minimum Gasteiger partial charge on any atom is -0.497 e. The van der Waals surface area contributed by atoms with Crippen molar-refractivity contribution in [1.29, 1.82) is 0 Å². The van der Waals surface area contributed by atoms with Gasteiger partial charge in [0, 0.05) is 23.8 Å². The molecule has 7 nitrogen and oxygen atoms in total. The van der Waals surface area contributed by atoms with E-state index in [-0.39, 0.29) is 11.9 Å². The van der Waals surface area contributed by atoms with Gasteiger partial charge in [-0.3, -0.25) is 14.4 Å². The Balaban J connectivity index is 1.34. The van der Waals surface area contributed by atoms with E-state index >= 15 is 0 Å². The van der Waals surface area contributed by atoms with Crippen molar-refractivity contribution in [3.63, 3.8) is 0 Å². The Bertz CT molecular complexity index is 1140. The number of carbonyl (C=O) groups is 1. The van der Waals surface area contributed by atoms with Crippen molar-refractivity contribution in [1.82, 2.24) is 0 Å². The normalized spacial score (nSPS) is 14.2. The van der Waals surface area contributed by atoms with E-state index in [4.69, 9.17) is 4.74 Å². The number of methoxy groups -OCH3 is 1. The van der Waals surface area contributed by atoms with Crippen LogP contribution in [0.3, 0.4) is 0 Å². The van der Waals surface area contributed by atoms with Crippen LogP contribution in [0.25, 0.3) is 0 Å². The maximum atomic E-state index is 12.5. The average molecular weight is 434 g/mol. The van der Waals surface area contributed by atoms with Gasteiger partial charge in [-0.25, -0.2) is 0 Å². The summed E-state index contributed by atoms with van der Waals surface area (Å²) in [6.45, 7) is 0.393. The SMILES string of the molecule is COc1ccc(NC(=O)c2ccc(CNc3c(NC4CCCCC4)c(=O)c3=O)cc2)cc1. The third-order valence-electron chi connectivity index (χ3n) is 5.90. The summed E-state index contributed by atoms with van der Waals surface area (Å²) >= 11 is 0. The Morgan fingerprint density at radius 3 is 2.22 bits per heavy atom. The number of ether oxygens (including phenoxy) is 1. The highest BCUT2D eigenvalue weighted by molar-refractivity contribution is 6.04. The van der Waals surface area contributed by atoms with Crippen molar-refractivity contribution in [3.8, 4) is 5.75 Å². The molecule has 4 rings (SSSR count). The van der Waals surface area contributed by atoms with Gasteiger partial charge in [0.25, 0.3) is 16.8 Å². The molecule has 0 radical (unpaired) electrons. The number of rotatable bonds is 8. The molecule has 1 aliphatic rings. The van der Waals surface area contributed by atoms with Crippen LogP contribution in [0.15, 0.2) is 58.1 Å². The van der Waals surface area contributed by atoms with Gasteiger partial charge in [-0.2, -0.15) is 0 Å². The van der Waals surface area contributed by atoms with E-state index in [0.29, 0.717) is 29.2 Å². The second-order valence-corrected chi connectivity index (χ2v) is 8.12.